The van der Waals surface area contributed by atoms with E-state index in [4.69, 9.17) is 18.9 Å². The summed E-state index contributed by atoms with van der Waals surface area (Å²) in [6.07, 6.45) is -0.883. The fourth-order valence-corrected chi connectivity index (χ4v) is 3.79. The van der Waals surface area contributed by atoms with Crippen LogP contribution in [0.25, 0.3) is 0 Å². The second-order valence-corrected chi connectivity index (χ2v) is 11.9. The van der Waals surface area contributed by atoms with Crippen molar-refractivity contribution in [2.75, 3.05) is 25.6 Å². The van der Waals surface area contributed by atoms with Crippen LogP contribution in [0, 0.1) is 12.7 Å². The van der Waals surface area contributed by atoms with Gasteiger partial charge < -0.3 is 23.8 Å². The van der Waals surface area contributed by atoms with Crippen molar-refractivity contribution in [3.8, 4) is 11.5 Å². The molecule has 0 atom stereocenters. The average molecular weight is 575 g/mol. The van der Waals surface area contributed by atoms with Gasteiger partial charge in [0.05, 0.1) is 6.61 Å². The van der Waals surface area contributed by atoms with E-state index in [0.717, 1.165) is 6.42 Å². The zero-order valence-electron chi connectivity index (χ0n) is 25.8. The number of benzene rings is 2. The van der Waals surface area contributed by atoms with Crippen LogP contribution in [0.2, 0.25) is 0 Å². The maximum Gasteiger partial charge on any atom is 0.424 e. The molecule has 2 rings (SSSR count). The van der Waals surface area contributed by atoms with Gasteiger partial charge in [0, 0.05) is 17.7 Å². The molecule has 0 radical (unpaired) electrons. The van der Waals surface area contributed by atoms with Gasteiger partial charge in [0.25, 0.3) is 0 Å². The molecule has 2 aromatic rings. The number of unbranched alkanes of at least 4 members (excludes halogenated alkanes) is 1. The molecule has 0 saturated carbocycles. The van der Waals surface area contributed by atoms with Gasteiger partial charge in [0.15, 0.2) is 5.75 Å². The molecule has 0 aromatic heterocycles. The summed E-state index contributed by atoms with van der Waals surface area (Å²) in [6.45, 7) is 13.3. The molecule has 2 amide bonds. The molecule has 41 heavy (non-hydrogen) atoms. The van der Waals surface area contributed by atoms with Crippen molar-refractivity contribution in [2.24, 2.45) is 0 Å². The summed E-state index contributed by atoms with van der Waals surface area (Å²) in [5.41, 5.74) is -2.65. The van der Waals surface area contributed by atoms with E-state index >= 15 is 4.39 Å². The molecule has 0 N–H and O–H groups in total. The average Bonchev–Trinajstić information content (AvgIpc) is 2.82. The van der Waals surface area contributed by atoms with E-state index in [1.165, 1.54) is 6.92 Å². The predicted molar refractivity (Wildman–Crippen MR) is 155 cm³/mol. The molecule has 0 heterocycles. The summed E-state index contributed by atoms with van der Waals surface area (Å²) in [7, 11) is 3.41. The normalized spacial score (nSPS) is 11.7. The van der Waals surface area contributed by atoms with Crippen LogP contribution in [0.3, 0.4) is 0 Å². The molecule has 0 bridgehead atoms. The molecule has 0 spiro atoms. The summed E-state index contributed by atoms with van der Waals surface area (Å²) < 4.78 is 39.1. The SMILES string of the molecule is CCCCOc1c(C(=O)Oc2ccccc2)c(C)c(F)c(CN(C)C)c1N(C(=O)OC(C)(C)C)C(=O)OC(C)(C)C. The highest BCUT2D eigenvalue weighted by Crippen LogP contribution is 2.43. The third-order valence-corrected chi connectivity index (χ3v) is 5.45. The van der Waals surface area contributed by atoms with Crippen molar-refractivity contribution in [1.29, 1.82) is 0 Å². The van der Waals surface area contributed by atoms with Gasteiger partial charge in [0.1, 0.15) is 34.0 Å². The number of anilines is 1. The molecule has 0 saturated heterocycles. The zero-order chi connectivity index (χ0) is 31.1. The van der Waals surface area contributed by atoms with Crippen molar-refractivity contribution >= 4 is 23.8 Å². The lowest BCUT2D eigenvalue weighted by atomic mass is 9.98. The molecule has 0 aliphatic carbocycles. The number of imide groups is 1. The maximum absolute atomic E-state index is 16.3. The lowest BCUT2D eigenvalue weighted by molar-refractivity contribution is 0.0426. The number of esters is 1. The predicted octanol–water partition coefficient (Wildman–Crippen LogP) is 7.27. The van der Waals surface area contributed by atoms with Crippen LogP contribution in [0.15, 0.2) is 30.3 Å². The van der Waals surface area contributed by atoms with E-state index in [2.05, 4.69) is 0 Å². The van der Waals surface area contributed by atoms with Crippen LogP contribution in [0.1, 0.15) is 82.8 Å². The number of rotatable bonds is 9. The number of amides is 2. The summed E-state index contributed by atoms with van der Waals surface area (Å²) in [4.78, 5) is 43.2. The van der Waals surface area contributed by atoms with Crippen LogP contribution in [-0.2, 0) is 16.0 Å². The Morgan fingerprint density at radius 2 is 1.44 bits per heavy atom. The van der Waals surface area contributed by atoms with Crippen molar-refractivity contribution < 1.29 is 37.7 Å². The van der Waals surface area contributed by atoms with Crippen LogP contribution >= 0.6 is 0 Å². The smallest absolute Gasteiger partial charge is 0.424 e. The molecule has 0 aliphatic heterocycles. The highest BCUT2D eigenvalue weighted by Gasteiger charge is 2.40. The first-order valence-electron chi connectivity index (χ1n) is 13.6. The Hall–Kier alpha value is -3.66. The topological polar surface area (TPSA) is 94.6 Å². The number of nitrogens with zero attached hydrogens (tertiary/aromatic N) is 2. The third-order valence-electron chi connectivity index (χ3n) is 5.45. The minimum atomic E-state index is -1.11. The van der Waals surface area contributed by atoms with Gasteiger partial charge in [-0.2, -0.15) is 4.90 Å². The lowest BCUT2D eigenvalue weighted by Gasteiger charge is -2.32. The Balaban J connectivity index is 2.98. The van der Waals surface area contributed by atoms with Crippen LogP contribution < -0.4 is 14.4 Å². The lowest BCUT2D eigenvalue weighted by Crippen LogP contribution is -2.45. The van der Waals surface area contributed by atoms with Gasteiger partial charge >= 0.3 is 18.2 Å². The zero-order valence-corrected chi connectivity index (χ0v) is 25.8. The van der Waals surface area contributed by atoms with E-state index in [1.807, 2.05) is 6.92 Å². The standard InChI is InChI=1S/C31H43FN2O7/c1-11-12-18-38-26-23(27(35)39-21-16-14-13-15-17-21)20(2)24(32)22(19-33(9)10)25(26)34(28(36)40-30(3,4)5)29(37)41-31(6,7)8/h13-17H,11-12,18-19H2,1-10H3. The van der Waals surface area contributed by atoms with E-state index in [0.29, 0.717) is 11.3 Å². The first kappa shape index (κ1) is 33.5. The maximum atomic E-state index is 16.3. The van der Waals surface area contributed by atoms with Gasteiger partial charge in [-0.15, -0.1) is 0 Å². The van der Waals surface area contributed by atoms with Gasteiger partial charge in [-0.3, -0.25) is 0 Å². The number of carbonyl (C=O) groups is 3. The minimum Gasteiger partial charge on any atom is -0.490 e. The van der Waals surface area contributed by atoms with Crippen molar-refractivity contribution in [1.82, 2.24) is 4.90 Å². The van der Waals surface area contributed by atoms with E-state index in [9.17, 15) is 14.4 Å². The summed E-state index contributed by atoms with van der Waals surface area (Å²) in [6, 6.07) is 8.29. The first-order valence-corrected chi connectivity index (χ1v) is 13.6. The number of carbonyl (C=O) groups excluding carboxylic acids is 3. The molecule has 0 fully saturated rings. The third kappa shape index (κ3) is 9.45. The van der Waals surface area contributed by atoms with Gasteiger partial charge in [-0.05, 0) is 81.1 Å². The Labute approximate surface area is 242 Å². The van der Waals surface area contributed by atoms with Crippen molar-refractivity contribution in [3.05, 3.63) is 52.8 Å². The molecule has 226 valence electrons. The Kier molecular flexibility index (Phi) is 11.3. The number of para-hydroxylation sites is 1. The minimum absolute atomic E-state index is 0.0394. The molecule has 0 unspecified atom stereocenters. The fraction of sp³-hybridized carbons (Fsp3) is 0.516. The second kappa shape index (κ2) is 13.8. The van der Waals surface area contributed by atoms with Crippen LogP contribution in [0.4, 0.5) is 19.7 Å². The molecule has 0 aliphatic rings. The van der Waals surface area contributed by atoms with Crippen LogP contribution in [-0.4, -0.2) is 55.0 Å². The number of hydrogen-bond acceptors (Lipinski definition) is 8. The van der Waals surface area contributed by atoms with Crippen molar-refractivity contribution in [3.63, 3.8) is 0 Å². The number of ether oxygens (including phenoxy) is 4. The highest BCUT2D eigenvalue weighted by atomic mass is 19.1. The second-order valence-electron chi connectivity index (χ2n) is 11.9. The molecular weight excluding hydrogens is 531 g/mol. The highest BCUT2D eigenvalue weighted by molar-refractivity contribution is 6.13. The molecule has 10 heteroatoms. The summed E-state index contributed by atoms with van der Waals surface area (Å²) >= 11 is 0. The summed E-state index contributed by atoms with van der Waals surface area (Å²) in [5.74, 6) is -1.66. The van der Waals surface area contributed by atoms with Crippen molar-refractivity contribution in [2.45, 2.75) is 86.0 Å². The quantitative estimate of drug-likeness (QED) is 0.175. The molecule has 2 aromatic carbocycles. The molecule has 9 nitrogen and oxygen atoms in total. The summed E-state index contributed by atoms with van der Waals surface area (Å²) in [5, 5.41) is 0. The monoisotopic (exact) mass is 574 g/mol. The number of hydrogen-bond donors (Lipinski definition) is 0. The van der Waals surface area contributed by atoms with E-state index in [-0.39, 0.29) is 47.0 Å². The van der Waals surface area contributed by atoms with Gasteiger partial charge in [-0.1, -0.05) is 31.5 Å². The van der Waals surface area contributed by atoms with Crippen LogP contribution in [0.5, 0.6) is 11.5 Å². The first-order chi connectivity index (χ1) is 19.0. The van der Waals surface area contributed by atoms with Gasteiger partial charge in [-0.25, -0.2) is 18.8 Å². The van der Waals surface area contributed by atoms with E-state index < -0.39 is 35.2 Å². The fourth-order valence-electron chi connectivity index (χ4n) is 3.79. The van der Waals surface area contributed by atoms with Gasteiger partial charge in [0.2, 0.25) is 0 Å². The Morgan fingerprint density at radius 3 is 1.90 bits per heavy atom. The molecular formula is C31H43FN2O7. The van der Waals surface area contributed by atoms with E-state index in [1.54, 1.807) is 90.9 Å². The largest absolute Gasteiger partial charge is 0.490 e. The number of halogens is 1. The Bertz CT molecular complexity index is 1200. The Morgan fingerprint density at radius 1 is 0.902 bits per heavy atom.